The maximum absolute atomic E-state index is 6.52. The van der Waals surface area contributed by atoms with E-state index in [-0.39, 0.29) is 0 Å². The Balaban J connectivity index is 1.70. The van der Waals surface area contributed by atoms with Crippen LogP contribution >= 0.6 is 11.6 Å². The number of halogens is 1. The van der Waals surface area contributed by atoms with Crippen LogP contribution < -0.4 is 19.7 Å². The summed E-state index contributed by atoms with van der Waals surface area (Å²) in [5.74, 6) is 2.24. The van der Waals surface area contributed by atoms with Gasteiger partial charge in [-0.15, -0.1) is 0 Å². The molecule has 0 amide bonds. The minimum atomic E-state index is 0.613. The van der Waals surface area contributed by atoms with Crippen LogP contribution in [0.5, 0.6) is 11.5 Å². The first-order valence-corrected chi connectivity index (χ1v) is 9.22. The molecule has 3 aromatic rings. The van der Waals surface area contributed by atoms with Gasteiger partial charge in [0.1, 0.15) is 5.82 Å². The summed E-state index contributed by atoms with van der Waals surface area (Å²) in [7, 11) is 3.21. The molecule has 2 aromatic heterocycles. The van der Waals surface area contributed by atoms with Crippen molar-refractivity contribution in [3.05, 3.63) is 41.6 Å². The van der Waals surface area contributed by atoms with Gasteiger partial charge in [0.25, 0.3) is 0 Å². The fourth-order valence-corrected chi connectivity index (χ4v) is 3.53. The second kappa shape index (κ2) is 7.58. The molecule has 1 aliphatic rings. The Hall–Kier alpha value is -2.57. The lowest BCUT2D eigenvalue weighted by atomic mass is 10.1. The maximum Gasteiger partial charge on any atom is 0.162 e. The summed E-state index contributed by atoms with van der Waals surface area (Å²) in [6, 6.07) is 9.62. The van der Waals surface area contributed by atoms with Gasteiger partial charge in [0.2, 0.25) is 0 Å². The fraction of sp³-hybridized carbons (Fsp3) is 0.300. The molecular formula is C20H21ClN4O2. The number of nitrogens with zero attached hydrogens (tertiary/aromatic N) is 3. The zero-order valence-corrected chi connectivity index (χ0v) is 16.1. The fourth-order valence-electron chi connectivity index (χ4n) is 3.28. The van der Waals surface area contributed by atoms with E-state index in [1.54, 1.807) is 14.2 Å². The van der Waals surface area contributed by atoms with Gasteiger partial charge in [0.05, 0.1) is 30.5 Å². The average Bonchev–Trinajstić information content (AvgIpc) is 2.73. The number of pyridine rings is 2. The van der Waals surface area contributed by atoms with Crippen LogP contribution in [0.4, 0.5) is 5.82 Å². The van der Waals surface area contributed by atoms with Crippen molar-refractivity contribution in [1.29, 1.82) is 0 Å². The highest BCUT2D eigenvalue weighted by Gasteiger charge is 2.14. The number of nitrogens with one attached hydrogen (secondary N) is 1. The number of ether oxygens (including phenoxy) is 2. The third-order valence-corrected chi connectivity index (χ3v) is 5.06. The monoisotopic (exact) mass is 384 g/mol. The summed E-state index contributed by atoms with van der Waals surface area (Å²) in [6.07, 6.45) is 1.85. The van der Waals surface area contributed by atoms with Crippen molar-refractivity contribution < 1.29 is 9.47 Å². The van der Waals surface area contributed by atoms with E-state index in [0.717, 1.165) is 54.2 Å². The molecule has 27 heavy (non-hydrogen) atoms. The Morgan fingerprint density at radius 3 is 2.44 bits per heavy atom. The van der Waals surface area contributed by atoms with Crippen LogP contribution in [0.15, 0.2) is 36.5 Å². The maximum atomic E-state index is 6.52. The van der Waals surface area contributed by atoms with Crippen molar-refractivity contribution in [1.82, 2.24) is 15.3 Å². The SMILES string of the molecule is COc1cc2nc(-c3ccc(N4CCNCC4)nc3)cc(Cl)c2cc1OC. The molecule has 140 valence electrons. The van der Waals surface area contributed by atoms with Gasteiger partial charge in [-0.1, -0.05) is 11.6 Å². The molecule has 4 rings (SSSR count). The van der Waals surface area contributed by atoms with E-state index in [1.807, 2.05) is 36.5 Å². The van der Waals surface area contributed by atoms with E-state index in [9.17, 15) is 0 Å². The van der Waals surface area contributed by atoms with Crippen LogP contribution in [0.25, 0.3) is 22.2 Å². The quantitative estimate of drug-likeness (QED) is 0.744. The summed E-state index contributed by atoms with van der Waals surface area (Å²) in [5.41, 5.74) is 2.45. The van der Waals surface area contributed by atoms with Crippen molar-refractivity contribution >= 4 is 28.3 Å². The Labute approximate surface area is 163 Å². The number of hydrogen-bond donors (Lipinski definition) is 1. The van der Waals surface area contributed by atoms with Crippen LogP contribution in [-0.2, 0) is 0 Å². The Morgan fingerprint density at radius 1 is 1.04 bits per heavy atom. The van der Waals surface area contributed by atoms with E-state index in [1.165, 1.54) is 0 Å². The largest absolute Gasteiger partial charge is 0.493 e. The van der Waals surface area contributed by atoms with Crippen molar-refractivity contribution in [2.75, 3.05) is 45.3 Å². The smallest absolute Gasteiger partial charge is 0.162 e. The number of hydrogen-bond acceptors (Lipinski definition) is 6. The second-order valence-corrected chi connectivity index (χ2v) is 6.76. The summed E-state index contributed by atoms with van der Waals surface area (Å²) in [5, 5.41) is 4.78. The van der Waals surface area contributed by atoms with Crippen molar-refractivity contribution in [2.24, 2.45) is 0 Å². The highest BCUT2D eigenvalue weighted by molar-refractivity contribution is 6.35. The van der Waals surface area contributed by atoms with Gasteiger partial charge in [-0.2, -0.15) is 0 Å². The van der Waals surface area contributed by atoms with Crippen LogP contribution in [0, 0.1) is 0 Å². The topological polar surface area (TPSA) is 59.5 Å². The highest BCUT2D eigenvalue weighted by atomic mass is 35.5. The lowest BCUT2D eigenvalue weighted by Gasteiger charge is -2.28. The molecule has 1 saturated heterocycles. The highest BCUT2D eigenvalue weighted by Crippen LogP contribution is 2.36. The molecule has 0 spiro atoms. The molecule has 1 aromatic carbocycles. The van der Waals surface area contributed by atoms with Gasteiger partial charge in [-0.3, -0.25) is 0 Å². The van der Waals surface area contributed by atoms with Gasteiger partial charge < -0.3 is 19.7 Å². The standard InChI is InChI=1S/C20H21ClN4O2/c1-26-18-9-14-15(21)10-16(24-17(14)11-19(18)27-2)13-3-4-20(23-12-13)25-7-5-22-6-8-25/h3-4,9-12,22H,5-8H2,1-2H3. The number of rotatable bonds is 4. The summed E-state index contributed by atoms with van der Waals surface area (Å²) in [4.78, 5) is 11.6. The first-order chi connectivity index (χ1) is 13.2. The van der Waals surface area contributed by atoms with Gasteiger partial charge in [-0.25, -0.2) is 9.97 Å². The number of methoxy groups -OCH3 is 2. The first-order valence-electron chi connectivity index (χ1n) is 8.84. The van der Waals surface area contributed by atoms with Gasteiger partial charge >= 0.3 is 0 Å². The molecule has 0 radical (unpaired) electrons. The van der Waals surface area contributed by atoms with Crippen molar-refractivity contribution in [2.45, 2.75) is 0 Å². The molecule has 7 heteroatoms. The Morgan fingerprint density at radius 2 is 1.78 bits per heavy atom. The zero-order chi connectivity index (χ0) is 18.8. The summed E-state index contributed by atoms with van der Waals surface area (Å²) in [6.45, 7) is 3.90. The minimum Gasteiger partial charge on any atom is -0.493 e. The zero-order valence-electron chi connectivity index (χ0n) is 15.3. The van der Waals surface area contributed by atoms with E-state index in [2.05, 4.69) is 15.2 Å². The third kappa shape index (κ3) is 3.50. The average molecular weight is 385 g/mol. The van der Waals surface area contributed by atoms with Crippen molar-refractivity contribution in [3.63, 3.8) is 0 Å². The molecule has 0 aliphatic carbocycles. The molecule has 1 N–H and O–H groups in total. The lowest BCUT2D eigenvalue weighted by Crippen LogP contribution is -2.43. The van der Waals surface area contributed by atoms with Gasteiger partial charge in [0, 0.05) is 49.4 Å². The number of fused-ring (bicyclic) bond motifs is 1. The van der Waals surface area contributed by atoms with E-state index < -0.39 is 0 Å². The molecule has 1 aliphatic heterocycles. The van der Waals surface area contributed by atoms with Crippen LogP contribution in [-0.4, -0.2) is 50.4 Å². The molecule has 0 saturated carbocycles. The number of anilines is 1. The van der Waals surface area contributed by atoms with E-state index in [0.29, 0.717) is 16.5 Å². The summed E-state index contributed by atoms with van der Waals surface area (Å²) >= 11 is 6.52. The van der Waals surface area contributed by atoms with E-state index >= 15 is 0 Å². The number of piperazine rings is 1. The van der Waals surface area contributed by atoms with Crippen LogP contribution in [0.3, 0.4) is 0 Å². The van der Waals surface area contributed by atoms with Crippen molar-refractivity contribution in [3.8, 4) is 22.8 Å². The molecule has 3 heterocycles. The lowest BCUT2D eigenvalue weighted by molar-refractivity contribution is 0.356. The molecular weight excluding hydrogens is 364 g/mol. The third-order valence-electron chi connectivity index (χ3n) is 4.75. The molecule has 6 nitrogen and oxygen atoms in total. The Bertz CT molecular complexity index is 956. The first kappa shape index (κ1) is 17.8. The number of benzene rings is 1. The number of aromatic nitrogens is 2. The molecule has 0 atom stereocenters. The van der Waals surface area contributed by atoms with Gasteiger partial charge in [0.15, 0.2) is 11.5 Å². The summed E-state index contributed by atoms with van der Waals surface area (Å²) < 4.78 is 10.7. The molecule has 1 fully saturated rings. The van der Waals surface area contributed by atoms with Crippen LogP contribution in [0.1, 0.15) is 0 Å². The predicted octanol–water partition coefficient (Wildman–Crippen LogP) is 3.38. The predicted molar refractivity (Wildman–Crippen MR) is 108 cm³/mol. The Kier molecular flexibility index (Phi) is 5.01. The van der Waals surface area contributed by atoms with Crippen LogP contribution in [0.2, 0.25) is 5.02 Å². The second-order valence-electron chi connectivity index (χ2n) is 6.36. The minimum absolute atomic E-state index is 0.613. The van der Waals surface area contributed by atoms with E-state index in [4.69, 9.17) is 26.1 Å². The normalized spacial score (nSPS) is 14.4. The molecule has 0 unspecified atom stereocenters. The molecule has 0 bridgehead atoms. The van der Waals surface area contributed by atoms with Gasteiger partial charge in [-0.05, 0) is 24.3 Å².